The first-order valence-corrected chi connectivity index (χ1v) is 10.0. The number of ketones is 1. The van der Waals surface area contributed by atoms with Gasteiger partial charge >= 0.3 is 5.91 Å². The lowest BCUT2D eigenvalue weighted by molar-refractivity contribution is -0.132. The molecule has 9 heteroatoms. The van der Waals surface area contributed by atoms with Crippen LogP contribution in [0.25, 0.3) is 16.8 Å². The van der Waals surface area contributed by atoms with E-state index in [0.717, 1.165) is 0 Å². The maximum Gasteiger partial charge on any atom is 0.302 e. The Kier molecular flexibility index (Phi) is 4.71. The summed E-state index contributed by atoms with van der Waals surface area (Å²) in [6.07, 6.45) is 1.43. The van der Waals surface area contributed by atoms with Gasteiger partial charge in [-0.3, -0.25) is 14.5 Å². The van der Waals surface area contributed by atoms with Crippen molar-refractivity contribution in [1.29, 1.82) is 0 Å². The van der Waals surface area contributed by atoms with Crippen molar-refractivity contribution >= 4 is 46.0 Å². The number of nitrogens with one attached hydrogen (secondary N) is 1. The number of Topliss-reactive ketones (excluding diaryl/α,β-unsaturated/α-hetero) is 1. The smallest absolute Gasteiger partial charge is 0.302 e. The van der Waals surface area contributed by atoms with Gasteiger partial charge in [-0.05, 0) is 42.5 Å². The molecule has 1 amide bonds. The zero-order valence-electron chi connectivity index (χ0n) is 16.7. The van der Waals surface area contributed by atoms with Crippen LogP contribution in [0.3, 0.4) is 0 Å². The van der Waals surface area contributed by atoms with E-state index in [4.69, 9.17) is 20.8 Å². The number of carbonyl (C=O) groups is 2. The number of methoxy groups -OCH3 is 1. The molecule has 1 atom stereocenters. The van der Waals surface area contributed by atoms with Gasteiger partial charge in [-0.25, -0.2) is 4.98 Å². The second-order valence-electron chi connectivity index (χ2n) is 7.11. The standard InChI is InChI=1S/C23H16ClN3O5/c1-31-16-9-8-12(11-13(16)24)20(28)18-19(17-7-4-10-32-17)27(22(30)21(18)29)23-25-14-5-2-3-6-15(14)26-23/h2-11,19,28H,1H3,(H,25,26)/b20-18+. The highest BCUT2D eigenvalue weighted by molar-refractivity contribution is 6.51. The predicted octanol–water partition coefficient (Wildman–Crippen LogP) is 4.44. The van der Waals surface area contributed by atoms with Crippen molar-refractivity contribution in [1.82, 2.24) is 9.97 Å². The molecule has 8 nitrogen and oxygen atoms in total. The Balaban J connectivity index is 1.70. The molecule has 1 aliphatic heterocycles. The minimum absolute atomic E-state index is 0.133. The van der Waals surface area contributed by atoms with Crippen LogP contribution in [0.5, 0.6) is 5.75 Å². The molecule has 2 N–H and O–H groups in total. The summed E-state index contributed by atoms with van der Waals surface area (Å²) < 4.78 is 10.7. The molecule has 5 rings (SSSR count). The lowest BCUT2D eigenvalue weighted by Gasteiger charge is -2.20. The number of aliphatic hydroxyl groups is 1. The second kappa shape index (κ2) is 7.58. The van der Waals surface area contributed by atoms with Crippen molar-refractivity contribution in [3.05, 3.63) is 82.8 Å². The molecule has 0 aliphatic carbocycles. The number of hydrogen-bond acceptors (Lipinski definition) is 6. The van der Waals surface area contributed by atoms with Crippen LogP contribution in [-0.4, -0.2) is 33.9 Å². The van der Waals surface area contributed by atoms with E-state index in [1.54, 1.807) is 30.3 Å². The van der Waals surface area contributed by atoms with Crippen molar-refractivity contribution in [2.75, 3.05) is 12.0 Å². The molecular weight excluding hydrogens is 434 g/mol. The number of hydrogen-bond donors (Lipinski definition) is 2. The summed E-state index contributed by atoms with van der Waals surface area (Å²) in [4.78, 5) is 34.9. The SMILES string of the molecule is COc1ccc(/C(O)=C2\C(=O)C(=O)N(c3nc4ccccc4[nH]3)C2c2ccco2)cc1Cl. The molecule has 32 heavy (non-hydrogen) atoms. The van der Waals surface area contributed by atoms with Gasteiger partial charge in [0.15, 0.2) is 0 Å². The third-order valence-corrected chi connectivity index (χ3v) is 5.58. The lowest BCUT2D eigenvalue weighted by Crippen LogP contribution is -2.30. The molecule has 3 heterocycles. The zero-order valence-corrected chi connectivity index (χ0v) is 17.5. The summed E-state index contributed by atoms with van der Waals surface area (Å²) in [7, 11) is 1.47. The minimum Gasteiger partial charge on any atom is -0.507 e. The van der Waals surface area contributed by atoms with Gasteiger partial charge in [0.25, 0.3) is 5.78 Å². The van der Waals surface area contributed by atoms with Crippen LogP contribution in [0.2, 0.25) is 5.02 Å². The molecule has 0 radical (unpaired) electrons. The Labute approximate surface area is 186 Å². The van der Waals surface area contributed by atoms with Crippen LogP contribution >= 0.6 is 11.6 Å². The average molecular weight is 450 g/mol. The van der Waals surface area contributed by atoms with E-state index in [9.17, 15) is 14.7 Å². The van der Waals surface area contributed by atoms with Crippen molar-refractivity contribution in [3.8, 4) is 5.75 Å². The number of H-pyrrole nitrogens is 1. The number of rotatable bonds is 4. The number of anilines is 1. The van der Waals surface area contributed by atoms with Gasteiger partial charge in [0.1, 0.15) is 23.3 Å². The van der Waals surface area contributed by atoms with Crippen LogP contribution in [0.4, 0.5) is 5.95 Å². The molecule has 0 bridgehead atoms. The fourth-order valence-corrected chi connectivity index (χ4v) is 4.05. The summed E-state index contributed by atoms with van der Waals surface area (Å²) in [6, 6.07) is 14.1. The van der Waals surface area contributed by atoms with Gasteiger partial charge < -0.3 is 19.2 Å². The van der Waals surface area contributed by atoms with Crippen LogP contribution in [0.1, 0.15) is 17.4 Å². The Bertz CT molecular complexity index is 1360. The second-order valence-corrected chi connectivity index (χ2v) is 7.52. The van der Waals surface area contributed by atoms with Gasteiger partial charge in [0, 0.05) is 5.56 Å². The molecule has 1 fully saturated rings. The molecule has 2 aromatic carbocycles. The molecule has 1 saturated heterocycles. The molecule has 1 aliphatic rings. The highest BCUT2D eigenvalue weighted by Crippen LogP contribution is 2.42. The van der Waals surface area contributed by atoms with Crippen molar-refractivity contribution < 1.29 is 23.8 Å². The maximum atomic E-state index is 13.1. The van der Waals surface area contributed by atoms with E-state index in [1.165, 1.54) is 24.3 Å². The van der Waals surface area contributed by atoms with Crippen LogP contribution in [-0.2, 0) is 9.59 Å². The van der Waals surface area contributed by atoms with Gasteiger partial charge in [-0.15, -0.1) is 0 Å². The molecular formula is C23H16ClN3O5. The summed E-state index contributed by atoms with van der Waals surface area (Å²) in [6.45, 7) is 0. The number of furan rings is 1. The van der Waals surface area contributed by atoms with Crippen molar-refractivity contribution in [3.63, 3.8) is 0 Å². The van der Waals surface area contributed by atoms with Crippen LogP contribution in [0, 0.1) is 0 Å². The number of amides is 1. The minimum atomic E-state index is -1.02. The molecule has 0 spiro atoms. The Hall–Kier alpha value is -4.04. The Morgan fingerprint density at radius 3 is 2.69 bits per heavy atom. The van der Waals surface area contributed by atoms with E-state index in [-0.39, 0.29) is 27.9 Å². The number of aliphatic hydroxyl groups excluding tert-OH is 1. The Morgan fingerprint density at radius 1 is 1.19 bits per heavy atom. The number of fused-ring (bicyclic) bond motifs is 1. The largest absolute Gasteiger partial charge is 0.507 e. The number of benzene rings is 2. The van der Waals surface area contributed by atoms with Gasteiger partial charge in [0.05, 0.1) is 35.0 Å². The number of nitrogens with zero attached hydrogens (tertiary/aromatic N) is 2. The number of ether oxygens (including phenoxy) is 1. The number of imidazole rings is 1. The number of aromatic nitrogens is 2. The van der Waals surface area contributed by atoms with Gasteiger partial charge in [-0.2, -0.15) is 0 Å². The molecule has 0 saturated carbocycles. The first-order chi connectivity index (χ1) is 15.5. The quantitative estimate of drug-likeness (QED) is 0.271. The lowest BCUT2D eigenvalue weighted by atomic mass is 9.99. The first kappa shape index (κ1) is 19.9. The maximum absolute atomic E-state index is 13.1. The fourth-order valence-electron chi connectivity index (χ4n) is 3.79. The average Bonchev–Trinajstić information content (AvgIpc) is 3.52. The van der Waals surface area contributed by atoms with Crippen molar-refractivity contribution in [2.24, 2.45) is 0 Å². The summed E-state index contributed by atoms with van der Waals surface area (Å²) in [5.74, 6) is -1.21. The third-order valence-electron chi connectivity index (χ3n) is 5.29. The summed E-state index contributed by atoms with van der Waals surface area (Å²) in [5, 5.41) is 11.3. The van der Waals surface area contributed by atoms with Crippen LogP contribution in [0.15, 0.2) is 70.9 Å². The number of aromatic amines is 1. The van der Waals surface area contributed by atoms with E-state index in [2.05, 4.69) is 9.97 Å². The molecule has 4 aromatic rings. The van der Waals surface area contributed by atoms with E-state index in [0.29, 0.717) is 22.5 Å². The molecule has 2 aromatic heterocycles. The number of carbonyl (C=O) groups excluding carboxylic acids is 2. The summed E-state index contributed by atoms with van der Waals surface area (Å²) >= 11 is 6.20. The number of halogens is 1. The van der Waals surface area contributed by atoms with Gasteiger partial charge in [-0.1, -0.05) is 23.7 Å². The normalized spacial score (nSPS) is 17.9. The zero-order chi connectivity index (χ0) is 22.4. The number of para-hydroxylation sites is 2. The van der Waals surface area contributed by atoms with Crippen molar-refractivity contribution in [2.45, 2.75) is 6.04 Å². The first-order valence-electron chi connectivity index (χ1n) is 9.62. The van der Waals surface area contributed by atoms with Crippen LogP contribution < -0.4 is 9.64 Å². The molecule has 160 valence electrons. The fraction of sp³-hybridized carbons (Fsp3) is 0.0870. The van der Waals surface area contributed by atoms with E-state index < -0.39 is 17.7 Å². The summed E-state index contributed by atoms with van der Waals surface area (Å²) in [5.41, 5.74) is 1.45. The Morgan fingerprint density at radius 2 is 2.00 bits per heavy atom. The van der Waals surface area contributed by atoms with E-state index in [1.807, 2.05) is 18.2 Å². The highest BCUT2D eigenvalue weighted by Gasteiger charge is 2.49. The molecule has 1 unspecified atom stereocenters. The predicted molar refractivity (Wildman–Crippen MR) is 118 cm³/mol. The third kappa shape index (κ3) is 3.04. The monoisotopic (exact) mass is 449 g/mol. The highest BCUT2D eigenvalue weighted by atomic mass is 35.5. The van der Waals surface area contributed by atoms with Gasteiger partial charge in [0.2, 0.25) is 5.95 Å². The topological polar surface area (TPSA) is 109 Å². The van der Waals surface area contributed by atoms with E-state index >= 15 is 0 Å².